The zero-order valence-electron chi connectivity index (χ0n) is 49.0. The number of carbonyl (C=O) groups excluding carboxylic acids is 3. The van der Waals surface area contributed by atoms with Crippen LogP contribution in [0.4, 0.5) is 0 Å². The fourth-order valence-corrected chi connectivity index (χ4v) is 8.64. The van der Waals surface area contributed by atoms with E-state index in [4.69, 9.17) is 14.2 Å². The monoisotopic (exact) mass is 1040 g/mol. The number of allylic oxidation sites excluding steroid dienone is 18. The van der Waals surface area contributed by atoms with Crippen molar-refractivity contribution in [3.63, 3.8) is 0 Å². The SMILES string of the molecule is CC/C=C\C/C=C\C/C=C\C/C=C\C/C=C\CCCCCCCCCCCCCC(=O)OCC(COC(=O)CCCCCCCCCCCCC)OC(=O)CCCCCCCC/C=C\C/C=C\C/C=C\C/C=C\CC. The van der Waals surface area contributed by atoms with Gasteiger partial charge in [0.2, 0.25) is 0 Å². The van der Waals surface area contributed by atoms with E-state index in [9.17, 15) is 14.4 Å². The molecule has 0 aliphatic heterocycles. The first-order valence-corrected chi connectivity index (χ1v) is 31.4. The van der Waals surface area contributed by atoms with Crippen LogP contribution >= 0.6 is 0 Å². The Kier molecular flexibility index (Phi) is 59.3. The molecule has 6 nitrogen and oxygen atoms in total. The standard InChI is InChI=1S/C69H116O6/c1-4-7-10-13-16-19-22-24-26-28-30-31-32-33-34-35-36-37-39-40-42-44-47-50-53-56-59-62-68(71)74-65-66(64-73-67(70)61-58-55-52-49-46-21-18-15-12-9-6-3)75-69(72)63-60-57-54-51-48-45-43-41-38-29-27-25-23-20-17-14-11-8-5-2/h7-8,10-11,16-17,19-20,24-27,30-31,33-34,38,41,66H,4-6,9,12-15,18,21-23,28-29,32,35-37,39-40,42-65H2,1-3H3/b10-7-,11-8-,19-16-,20-17-,26-24-,27-25-,31-30-,34-33-,41-38-. The molecule has 0 N–H and O–H groups in total. The van der Waals surface area contributed by atoms with Crippen molar-refractivity contribution in [2.45, 2.75) is 297 Å². The van der Waals surface area contributed by atoms with Gasteiger partial charge in [0.1, 0.15) is 13.2 Å². The molecule has 0 radical (unpaired) electrons. The maximum atomic E-state index is 12.9. The van der Waals surface area contributed by atoms with E-state index in [0.717, 1.165) is 128 Å². The van der Waals surface area contributed by atoms with Crippen molar-refractivity contribution in [1.82, 2.24) is 0 Å². The van der Waals surface area contributed by atoms with Crippen LogP contribution in [0, 0.1) is 0 Å². The molecule has 0 saturated heterocycles. The number of rotatable bonds is 56. The molecule has 0 aromatic rings. The molecule has 1 unspecified atom stereocenters. The van der Waals surface area contributed by atoms with Gasteiger partial charge in [-0.05, 0) is 103 Å². The molecule has 6 heteroatoms. The molecular weight excluding hydrogens is 925 g/mol. The predicted octanol–water partition coefficient (Wildman–Crippen LogP) is 21.4. The third kappa shape index (κ3) is 60.8. The minimum atomic E-state index is -0.787. The molecular formula is C69H116O6. The number of carbonyl (C=O) groups is 3. The summed E-state index contributed by atoms with van der Waals surface area (Å²) in [6.07, 6.45) is 85.2. The topological polar surface area (TPSA) is 78.9 Å². The first-order valence-electron chi connectivity index (χ1n) is 31.4. The first kappa shape index (κ1) is 71.1. The summed E-state index contributed by atoms with van der Waals surface area (Å²) in [5.41, 5.74) is 0. The van der Waals surface area contributed by atoms with E-state index in [1.165, 1.54) is 122 Å². The summed E-state index contributed by atoms with van der Waals surface area (Å²) in [5, 5.41) is 0. The van der Waals surface area contributed by atoms with Gasteiger partial charge in [-0.1, -0.05) is 278 Å². The van der Waals surface area contributed by atoms with E-state index in [2.05, 4.69) is 130 Å². The molecule has 0 aliphatic rings. The summed E-state index contributed by atoms with van der Waals surface area (Å²) in [5.74, 6) is -0.894. The molecule has 0 spiro atoms. The maximum absolute atomic E-state index is 12.9. The number of ether oxygens (including phenoxy) is 3. The highest BCUT2D eigenvalue weighted by molar-refractivity contribution is 5.71. The fourth-order valence-electron chi connectivity index (χ4n) is 8.64. The van der Waals surface area contributed by atoms with Gasteiger partial charge in [0, 0.05) is 19.3 Å². The molecule has 0 aromatic carbocycles. The highest BCUT2D eigenvalue weighted by atomic mass is 16.6. The first-order chi connectivity index (χ1) is 37.0. The van der Waals surface area contributed by atoms with Gasteiger partial charge >= 0.3 is 17.9 Å². The summed E-state index contributed by atoms with van der Waals surface area (Å²) < 4.78 is 16.9. The number of esters is 3. The Hall–Kier alpha value is -3.93. The second kappa shape index (κ2) is 62.6. The normalized spacial score (nSPS) is 12.8. The predicted molar refractivity (Wildman–Crippen MR) is 325 cm³/mol. The smallest absolute Gasteiger partial charge is 0.306 e. The van der Waals surface area contributed by atoms with Crippen LogP contribution in [0.2, 0.25) is 0 Å². The number of hydrogen-bond acceptors (Lipinski definition) is 6. The molecule has 428 valence electrons. The quantitative estimate of drug-likeness (QED) is 0.0261. The van der Waals surface area contributed by atoms with Crippen molar-refractivity contribution < 1.29 is 28.6 Å². The highest BCUT2D eigenvalue weighted by Gasteiger charge is 2.19. The van der Waals surface area contributed by atoms with Crippen molar-refractivity contribution in [3.8, 4) is 0 Å². The second-order valence-corrected chi connectivity index (χ2v) is 20.6. The van der Waals surface area contributed by atoms with Crippen molar-refractivity contribution in [2.75, 3.05) is 13.2 Å². The molecule has 75 heavy (non-hydrogen) atoms. The zero-order chi connectivity index (χ0) is 54.3. The molecule has 0 rings (SSSR count). The van der Waals surface area contributed by atoms with Gasteiger partial charge in [0.05, 0.1) is 0 Å². The van der Waals surface area contributed by atoms with Crippen LogP contribution < -0.4 is 0 Å². The van der Waals surface area contributed by atoms with Crippen LogP contribution in [-0.2, 0) is 28.6 Å². The van der Waals surface area contributed by atoms with Gasteiger partial charge in [0.25, 0.3) is 0 Å². The lowest BCUT2D eigenvalue weighted by atomic mass is 10.0. The minimum absolute atomic E-state index is 0.0831. The van der Waals surface area contributed by atoms with Crippen LogP contribution in [0.1, 0.15) is 290 Å². The van der Waals surface area contributed by atoms with Gasteiger partial charge < -0.3 is 14.2 Å². The van der Waals surface area contributed by atoms with Gasteiger partial charge in [-0.25, -0.2) is 0 Å². The van der Waals surface area contributed by atoms with Gasteiger partial charge in [-0.15, -0.1) is 0 Å². The van der Waals surface area contributed by atoms with E-state index in [1.807, 2.05) is 0 Å². The van der Waals surface area contributed by atoms with E-state index in [1.54, 1.807) is 0 Å². The lowest BCUT2D eigenvalue weighted by molar-refractivity contribution is -0.167. The lowest BCUT2D eigenvalue weighted by Crippen LogP contribution is -2.30. The van der Waals surface area contributed by atoms with Crippen molar-refractivity contribution in [3.05, 3.63) is 109 Å². The Labute approximate surface area is 463 Å². The summed E-state index contributed by atoms with van der Waals surface area (Å²) in [6, 6.07) is 0. The molecule has 0 heterocycles. The average Bonchev–Trinajstić information content (AvgIpc) is 3.41. The van der Waals surface area contributed by atoms with Crippen LogP contribution in [0.15, 0.2) is 109 Å². The number of hydrogen-bond donors (Lipinski definition) is 0. The fraction of sp³-hybridized carbons (Fsp3) is 0.696. The Bertz CT molecular complexity index is 1520. The molecule has 1 atom stereocenters. The Morgan fingerprint density at radius 3 is 0.813 bits per heavy atom. The van der Waals surface area contributed by atoms with Crippen molar-refractivity contribution in [2.24, 2.45) is 0 Å². The Morgan fingerprint density at radius 2 is 0.520 bits per heavy atom. The van der Waals surface area contributed by atoms with Crippen LogP contribution in [0.5, 0.6) is 0 Å². The van der Waals surface area contributed by atoms with Gasteiger partial charge in [-0.2, -0.15) is 0 Å². The third-order valence-corrected chi connectivity index (χ3v) is 13.3. The molecule has 0 bridgehead atoms. The Balaban J connectivity index is 4.29. The van der Waals surface area contributed by atoms with Gasteiger partial charge in [0.15, 0.2) is 6.10 Å². The highest BCUT2D eigenvalue weighted by Crippen LogP contribution is 2.16. The van der Waals surface area contributed by atoms with Crippen molar-refractivity contribution >= 4 is 17.9 Å². The van der Waals surface area contributed by atoms with E-state index in [0.29, 0.717) is 19.3 Å². The van der Waals surface area contributed by atoms with Crippen LogP contribution in [0.25, 0.3) is 0 Å². The Morgan fingerprint density at radius 1 is 0.280 bits per heavy atom. The van der Waals surface area contributed by atoms with Crippen LogP contribution in [0.3, 0.4) is 0 Å². The zero-order valence-corrected chi connectivity index (χ0v) is 49.0. The summed E-state index contributed by atoms with van der Waals surface area (Å²) in [4.78, 5) is 38.2. The largest absolute Gasteiger partial charge is 0.462 e. The average molecular weight is 1040 g/mol. The molecule has 0 saturated carbocycles. The van der Waals surface area contributed by atoms with E-state index in [-0.39, 0.29) is 31.1 Å². The third-order valence-electron chi connectivity index (χ3n) is 13.3. The maximum Gasteiger partial charge on any atom is 0.306 e. The summed E-state index contributed by atoms with van der Waals surface area (Å²) in [6.45, 7) is 6.41. The minimum Gasteiger partial charge on any atom is -0.462 e. The molecule has 0 amide bonds. The van der Waals surface area contributed by atoms with Crippen molar-refractivity contribution in [1.29, 1.82) is 0 Å². The second-order valence-electron chi connectivity index (χ2n) is 20.6. The van der Waals surface area contributed by atoms with Gasteiger partial charge in [-0.3, -0.25) is 14.4 Å². The molecule has 0 aliphatic carbocycles. The van der Waals surface area contributed by atoms with E-state index >= 15 is 0 Å². The lowest BCUT2D eigenvalue weighted by Gasteiger charge is -2.18. The summed E-state index contributed by atoms with van der Waals surface area (Å²) >= 11 is 0. The molecule has 0 fully saturated rings. The molecule has 0 aromatic heterocycles. The summed E-state index contributed by atoms with van der Waals surface area (Å²) in [7, 11) is 0. The van der Waals surface area contributed by atoms with Crippen LogP contribution in [-0.4, -0.2) is 37.2 Å². The van der Waals surface area contributed by atoms with E-state index < -0.39 is 6.10 Å². The number of unbranched alkanes of at least 4 members (excludes halogenated alkanes) is 27.